The topological polar surface area (TPSA) is 79.4 Å². The van der Waals surface area contributed by atoms with Gasteiger partial charge in [-0.25, -0.2) is 9.37 Å². The van der Waals surface area contributed by atoms with Gasteiger partial charge in [-0.05, 0) is 50.4 Å². The zero-order chi connectivity index (χ0) is 24.3. The number of methoxy groups -OCH3 is 1. The molecule has 2 heterocycles. The molecule has 34 heavy (non-hydrogen) atoms. The normalized spacial score (nSPS) is 14.7. The van der Waals surface area contributed by atoms with Gasteiger partial charge in [-0.3, -0.25) is 0 Å². The predicted molar refractivity (Wildman–Crippen MR) is 138 cm³/mol. The van der Waals surface area contributed by atoms with Gasteiger partial charge in [-0.2, -0.15) is 4.98 Å². The molecule has 4 rings (SSSR count). The molecule has 1 aromatic heterocycles. The fourth-order valence-electron chi connectivity index (χ4n) is 3.90. The van der Waals surface area contributed by atoms with E-state index in [1.54, 1.807) is 20.4 Å². The largest absolute Gasteiger partial charge is 0.494 e. The zero-order valence-corrected chi connectivity index (χ0v) is 21.0. The molecule has 1 fully saturated rings. The molecule has 180 valence electrons. The highest BCUT2D eigenvalue weighted by Crippen LogP contribution is 2.39. The Hall–Kier alpha value is -2.83. The number of aromatic nitrogens is 2. The van der Waals surface area contributed by atoms with Gasteiger partial charge < -0.3 is 24.8 Å². The fourth-order valence-corrected chi connectivity index (χ4v) is 5.19. The minimum absolute atomic E-state index is 0.324. The summed E-state index contributed by atoms with van der Waals surface area (Å²) in [4.78, 5) is 11.0. The maximum atomic E-state index is 13.5. The Morgan fingerprint density at radius 1 is 1.12 bits per heavy atom. The summed E-state index contributed by atoms with van der Waals surface area (Å²) in [6.07, 6.45) is 1.84. The van der Waals surface area contributed by atoms with Crippen LogP contribution in [-0.2, 0) is 4.57 Å². The Balaban J connectivity index is 1.56. The summed E-state index contributed by atoms with van der Waals surface area (Å²) < 4.78 is 31.8. The summed E-state index contributed by atoms with van der Waals surface area (Å²) in [7, 11) is -0.915. The Morgan fingerprint density at radius 2 is 1.85 bits per heavy atom. The van der Waals surface area contributed by atoms with Crippen molar-refractivity contribution in [3.8, 4) is 5.75 Å². The number of nitrogens with one attached hydrogen (secondary N) is 2. The molecular weight excluding hydrogens is 476 g/mol. The first-order valence-electron chi connectivity index (χ1n) is 11.0. The highest BCUT2D eigenvalue weighted by atomic mass is 35.5. The summed E-state index contributed by atoms with van der Waals surface area (Å²) in [5.41, 5.74) is 2.35. The van der Waals surface area contributed by atoms with E-state index < -0.39 is 13.3 Å². The average Bonchev–Trinajstić information content (AvgIpc) is 2.81. The van der Waals surface area contributed by atoms with E-state index in [2.05, 4.69) is 25.5 Å². The van der Waals surface area contributed by atoms with Gasteiger partial charge in [0.15, 0.2) is 5.82 Å². The molecule has 0 saturated carbocycles. The summed E-state index contributed by atoms with van der Waals surface area (Å²) in [6.45, 7) is 4.79. The second-order valence-electron chi connectivity index (χ2n) is 8.55. The molecule has 1 saturated heterocycles. The van der Waals surface area contributed by atoms with Gasteiger partial charge in [0, 0.05) is 30.1 Å². The molecule has 0 bridgehead atoms. The van der Waals surface area contributed by atoms with E-state index in [4.69, 9.17) is 16.3 Å². The minimum atomic E-state index is -2.51. The smallest absolute Gasteiger partial charge is 0.229 e. The van der Waals surface area contributed by atoms with Crippen molar-refractivity contribution < 1.29 is 13.7 Å². The van der Waals surface area contributed by atoms with Crippen molar-refractivity contribution in [1.29, 1.82) is 0 Å². The number of alkyl halides is 1. The van der Waals surface area contributed by atoms with Crippen molar-refractivity contribution in [3.05, 3.63) is 53.7 Å². The van der Waals surface area contributed by atoms with Crippen LogP contribution in [0.3, 0.4) is 0 Å². The average molecular weight is 504 g/mol. The van der Waals surface area contributed by atoms with E-state index in [-0.39, 0.29) is 0 Å². The van der Waals surface area contributed by atoms with E-state index in [1.165, 1.54) is 6.20 Å². The van der Waals surface area contributed by atoms with Gasteiger partial charge in [0.05, 0.1) is 24.7 Å². The summed E-state index contributed by atoms with van der Waals surface area (Å²) >= 11 is 6.35. The lowest BCUT2D eigenvalue weighted by atomic mass is 10.1. The summed E-state index contributed by atoms with van der Waals surface area (Å²) in [5.74, 6) is 1.34. The van der Waals surface area contributed by atoms with Crippen LogP contribution in [0, 0.1) is 0 Å². The predicted octanol–water partition coefficient (Wildman–Crippen LogP) is 5.81. The zero-order valence-electron chi connectivity index (χ0n) is 19.4. The number of hydrogen-bond acceptors (Lipinski definition) is 7. The molecule has 2 aromatic carbocycles. The first kappa shape index (κ1) is 24.3. The summed E-state index contributed by atoms with van der Waals surface area (Å²) in [5, 5.41) is 7.42. The van der Waals surface area contributed by atoms with Crippen molar-refractivity contribution in [3.63, 3.8) is 0 Å². The third kappa shape index (κ3) is 5.62. The van der Waals surface area contributed by atoms with E-state index in [0.29, 0.717) is 65.1 Å². The third-order valence-corrected chi connectivity index (χ3v) is 7.53. The van der Waals surface area contributed by atoms with Crippen molar-refractivity contribution in [2.45, 2.75) is 19.0 Å². The fraction of sp³-hybridized carbons (Fsp3) is 0.333. The Bertz CT molecular complexity index is 1210. The van der Waals surface area contributed by atoms with Gasteiger partial charge in [-0.1, -0.05) is 23.7 Å². The van der Waals surface area contributed by atoms with Crippen LogP contribution >= 0.6 is 18.7 Å². The SMILES string of the molecule is COc1cc(N2CCC(F)CC2)ccc1Nc1ncc(Cl)c(Nc2ccccc2P(C)(C)=O)n1. The van der Waals surface area contributed by atoms with E-state index in [1.807, 2.05) is 42.5 Å². The maximum absolute atomic E-state index is 13.5. The van der Waals surface area contributed by atoms with Crippen LogP contribution < -0.4 is 25.6 Å². The van der Waals surface area contributed by atoms with Crippen LogP contribution in [-0.4, -0.2) is 49.7 Å². The first-order valence-corrected chi connectivity index (χ1v) is 14.0. The van der Waals surface area contributed by atoms with Crippen LogP contribution in [0.1, 0.15) is 12.8 Å². The number of para-hydroxylation sites is 1. The highest BCUT2D eigenvalue weighted by Gasteiger charge is 2.20. The maximum Gasteiger partial charge on any atom is 0.229 e. The number of benzene rings is 2. The van der Waals surface area contributed by atoms with Crippen LogP contribution in [0.15, 0.2) is 48.7 Å². The molecule has 1 aliphatic rings. The molecule has 7 nitrogen and oxygen atoms in total. The number of halogens is 2. The lowest BCUT2D eigenvalue weighted by Crippen LogP contribution is -2.34. The van der Waals surface area contributed by atoms with Crippen LogP contribution in [0.2, 0.25) is 5.02 Å². The molecule has 0 radical (unpaired) electrons. The van der Waals surface area contributed by atoms with Crippen molar-refractivity contribution in [2.24, 2.45) is 0 Å². The van der Waals surface area contributed by atoms with Crippen LogP contribution in [0.4, 0.5) is 33.2 Å². The molecule has 1 aliphatic heterocycles. The Morgan fingerprint density at radius 3 is 2.56 bits per heavy atom. The lowest BCUT2D eigenvalue weighted by molar-refractivity contribution is 0.277. The van der Waals surface area contributed by atoms with Crippen LogP contribution in [0.5, 0.6) is 5.75 Å². The third-order valence-electron chi connectivity index (χ3n) is 5.70. The number of ether oxygens (including phenoxy) is 1. The van der Waals surface area contributed by atoms with E-state index >= 15 is 0 Å². The summed E-state index contributed by atoms with van der Waals surface area (Å²) in [6, 6.07) is 13.2. The second-order valence-corrected chi connectivity index (χ2v) is 12.1. The van der Waals surface area contributed by atoms with Gasteiger partial charge in [-0.15, -0.1) is 0 Å². The molecule has 0 unspecified atom stereocenters. The number of anilines is 5. The first-order chi connectivity index (χ1) is 16.2. The second kappa shape index (κ2) is 10.2. The molecule has 2 N–H and O–H groups in total. The number of nitrogens with zero attached hydrogens (tertiary/aromatic N) is 3. The molecule has 0 amide bonds. The van der Waals surface area contributed by atoms with E-state index in [9.17, 15) is 8.96 Å². The molecular formula is C24H28ClFN5O2P. The quantitative estimate of drug-likeness (QED) is 0.394. The van der Waals surface area contributed by atoms with Crippen molar-refractivity contribution >= 4 is 52.9 Å². The molecule has 0 atom stereocenters. The van der Waals surface area contributed by atoms with Crippen LogP contribution in [0.25, 0.3) is 0 Å². The van der Waals surface area contributed by atoms with Crippen molar-refractivity contribution in [1.82, 2.24) is 9.97 Å². The monoisotopic (exact) mass is 503 g/mol. The standard InChI is InChI=1S/C24H28ClFN5O2P/c1-33-21-14-17(31-12-10-16(26)11-13-31)8-9-19(21)29-24-27-15-18(25)23(30-24)28-20-6-4-5-7-22(20)34(2,3)32/h4-9,14-16H,10-13H2,1-3H3,(H2,27,28,29,30). The number of piperidine rings is 1. The molecule has 0 aliphatic carbocycles. The van der Waals surface area contributed by atoms with Gasteiger partial charge in [0.1, 0.15) is 24.1 Å². The van der Waals surface area contributed by atoms with Crippen molar-refractivity contribution in [2.75, 3.05) is 49.1 Å². The molecule has 10 heteroatoms. The van der Waals surface area contributed by atoms with Gasteiger partial charge >= 0.3 is 0 Å². The van der Waals surface area contributed by atoms with Gasteiger partial charge in [0.25, 0.3) is 0 Å². The van der Waals surface area contributed by atoms with Gasteiger partial charge in [0.2, 0.25) is 5.95 Å². The molecule has 3 aromatic rings. The number of hydrogen-bond donors (Lipinski definition) is 2. The highest BCUT2D eigenvalue weighted by molar-refractivity contribution is 7.70. The lowest BCUT2D eigenvalue weighted by Gasteiger charge is -2.31. The number of rotatable bonds is 7. The molecule has 0 spiro atoms. The Labute approximate surface area is 204 Å². The van der Waals surface area contributed by atoms with E-state index in [0.717, 1.165) is 5.69 Å². The Kier molecular flexibility index (Phi) is 7.29. The minimum Gasteiger partial charge on any atom is -0.494 e.